The smallest absolute Gasteiger partial charge is 0.303 e. The standard InChI is InChI=1S/C15H25N3O2/c1-4-12(5-6-15(19)20)7-8-16-14-9-13(11(2)3)17-10-18-14/h9-12H,4-8H2,1-3H3,(H,19,20)(H,16,17,18). The minimum Gasteiger partial charge on any atom is -0.481 e. The number of carboxylic acid groups (broad SMARTS) is 1. The molecule has 1 aromatic heterocycles. The first-order valence-corrected chi connectivity index (χ1v) is 7.30. The molecule has 0 amide bonds. The minimum absolute atomic E-state index is 0.253. The van der Waals surface area contributed by atoms with Crippen molar-refractivity contribution in [3.8, 4) is 0 Å². The van der Waals surface area contributed by atoms with Crippen LogP contribution in [0.15, 0.2) is 12.4 Å². The number of nitrogens with one attached hydrogen (secondary N) is 1. The van der Waals surface area contributed by atoms with Crippen LogP contribution < -0.4 is 5.32 Å². The number of hydrogen-bond donors (Lipinski definition) is 2. The number of aliphatic carboxylic acids is 1. The number of anilines is 1. The summed E-state index contributed by atoms with van der Waals surface area (Å²) in [5.74, 6) is 0.966. The Morgan fingerprint density at radius 3 is 2.70 bits per heavy atom. The Labute approximate surface area is 120 Å². The van der Waals surface area contributed by atoms with Gasteiger partial charge in [-0.3, -0.25) is 4.79 Å². The van der Waals surface area contributed by atoms with Gasteiger partial charge in [0.1, 0.15) is 12.1 Å². The van der Waals surface area contributed by atoms with Gasteiger partial charge in [-0.2, -0.15) is 0 Å². The molecule has 0 bridgehead atoms. The summed E-state index contributed by atoms with van der Waals surface area (Å²) in [6.45, 7) is 7.12. The highest BCUT2D eigenvalue weighted by Gasteiger charge is 2.09. The van der Waals surface area contributed by atoms with Gasteiger partial charge >= 0.3 is 5.97 Å². The fraction of sp³-hybridized carbons (Fsp3) is 0.667. The molecule has 20 heavy (non-hydrogen) atoms. The molecule has 0 fully saturated rings. The zero-order valence-corrected chi connectivity index (χ0v) is 12.6. The molecule has 0 spiro atoms. The monoisotopic (exact) mass is 279 g/mol. The van der Waals surface area contributed by atoms with Gasteiger partial charge in [-0.05, 0) is 24.7 Å². The number of carbonyl (C=O) groups is 1. The topological polar surface area (TPSA) is 75.1 Å². The fourth-order valence-corrected chi connectivity index (χ4v) is 2.07. The molecule has 5 heteroatoms. The Bertz CT molecular complexity index is 421. The summed E-state index contributed by atoms with van der Waals surface area (Å²) in [6.07, 6.45) is 4.55. The van der Waals surface area contributed by atoms with Crippen LogP contribution >= 0.6 is 0 Å². The first-order valence-electron chi connectivity index (χ1n) is 7.30. The van der Waals surface area contributed by atoms with Gasteiger partial charge in [0.05, 0.1) is 0 Å². The summed E-state index contributed by atoms with van der Waals surface area (Å²) in [5, 5.41) is 12.0. The summed E-state index contributed by atoms with van der Waals surface area (Å²) in [7, 11) is 0. The lowest BCUT2D eigenvalue weighted by Gasteiger charge is -2.14. The molecule has 1 atom stereocenters. The molecule has 0 aliphatic rings. The second-order valence-corrected chi connectivity index (χ2v) is 5.40. The maximum atomic E-state index is 10.6. The molecule has 0 radical (unpaired) electrons. The van der Waals surface area contributed by atoms with E-state index in [-0.39, 0.29) is 6.42 Å². The second-order valence-electron chi connectivity index (χ2n) is 5.40. The summed E-state index contributed by atoms with van der Waals surface area (Å²) >= 11 is 0. The Morgan fingerprint density at radius 1 is 1.35 bits per heavy atom. The van der Waals surface area contributed by atoms with Crippen molar-refractivity contribution in [1.82, 2.24) is 9.97 Å². The molecule has 0 aliphatic heterocycles. The quantitative estimate of drug-likeness (QED) is 0.725. The van der Waals surface area contributed by atoms with E-state index in [0.717, 1.165) is 37.3 Å². The average Bonchev–Trinajstić information content (AvgIpc) is 2.42. The molecule has 0 aliphatic carbocycles. The number of carboxylic acids is 1. The molecule has 1 heterocycles. The van der Waals surface area contributed by atoms with Crippen molar-refractivity contribution in [3.05, 3.63) is 18.1 Å². The van der Waals surface area contributed by atoms with Crippen LogP contribution in [0.4, 0.5) is 5.82 Å². The summed E-state index contributed by atoms with van der Waals surface area (Å²) < 4.78 is 0. The largest absolute Gasteiger partial charge is 0.481 e. The third kappa shape index (κ3) is 5.99. The molecule has 5 nitrogen and oxygen atoms in total. The van der Waals surface area contributed by atoms with Crippen LogP contribution in [-0.2, 0) is 4.79 Å². The average molecular weight is 279 g/mol. The second kappa shape index (κ2) is 8.51. The van der Waals surface area contributed by atoms with Gasteiger partial charge < -0.3 is 10.4 Å². The Balaban J connectivity index is 2.38. The summed E-state index contributed by atoms with van der Waals surface area (Å²) in [5.41, 5.74) is 1.03. The highest BCUT2D eigenvalue weighted by atomic mass is 16.4. The van der Waals surface area contributed by atoms with Crippen LogP contribution in [0.25, 0.3) is 0 Å². The van der Waals surface area contributed by atoms with Gasteiger partial charge in [0.2, 0.25) is 0 Å². The lowest BCUT2D eigenvalue weighted by atomic mass is 9.97. The maximum Gasteiger partial charge on any atom is 0.303 e. The SMILES string of the molecule is CCC(CCNc1cc(C(C)C)ncn1)CCC(=O)O. The highest BCUT2D eigenvalue weighted by Crippen LogP contribution is 2.17. The van der Waals surface area contributed by atoms with E-state index in [4.69, 9.17) is 5.11 Å². The molecular weight excluding hydrogens is 254 g/mol. The van der Waals surface area contributed by atoms with E-state index in [1.54, 1.807) is 6.33 Å². The zero-order chi connectivity index (χ0) is 15.0. The molecule has 0 saturated heterocycles. The van der Waals surface area contributed by atoms with Crippen molar-refractivity contribution in [2.75, 3.05) is 11.9 Å². The van der Waals surface area contributed by atoms with E-state index in [2.05, 4.69) is 36.1 Å². The third-order valence-electron chi connectivity index (χ3n) is 3.48. The maximum absolute atomic E-state index is 10.6. The summed E-state index contributed by atoms with van der Waals surface area (Å²) in [6, 6.07) is 1.98. The lowest BCUT2D eigenvalue weighted by Crippen LogP contribution is -2.11. The molecule has 112 valence electrons. The van der Waals surface area contributed by atoms with Gasteiger partial charge in [-0.15, -0.1) is 0 Å². The molecule has 1 unspecified atom stereocenters. The Morgan fingerprint density at radius 2 is 2.10 bits per heavy atom. The molecular formula is C15H25N3O2. The van der Waals surface area contributed by atoms with Crippen LogP contribution in [0.3, 0.4) is 0 Å². The number of nitrogens with zero attached hydrogens (tertiary/aromatic N) is 2. The molecule has 0 aromatic carbocycles. The van der Waals surface area contributed by atoms with Crippen molar-refractivity contribution >= 4 is 11.8 Å². The number of hydrogen-bond acceptors (Lipinski definition) is 4. The van der Waals surface area contributed by atoms with Crippen molar-refractivity contribution < 1.29 is 9.90 Å². The van der Waals surface area contributed by atoms with Crippen LogP contribution in [0, 0.1) is 5.92 Å². The minimum atomic E-state index is -0.714. The molecule has 0 saturated carbocycles. The molecule has 1 aromatic rings. The van der Waals surface area contributed by atoms with Crippen molar-refractivity contribution in [1.29, 1.82) is 0 Å². The van der Waals surface area contributed by atoms with Gasteiger partial charge in [-0.25, -0.2) is 9.97 Å². The van der Waals surface area contributed by atoms with E-state index in [0.29, 0.717) is 11.8 Å². The van der Waals surface area contributed by atoms with E-state index < -0.39 is 5.97 Å². The van der Waals surface area contributed by atoms with Gasteiger partial charge in [-0.1, -0.05) is 27.2 Å². The Hall–Kier alpha value is -1.65. The van der Waals surface area contributed by atoms with Crippen molar-refractivity contribution in [2.45, 2.75) is 52.4 Å². The predicted molar refractivity (Wildman–Crippen MR) is 79.9 cm³/mol. The fourth-order valence-electron chi connectivity index (χ4n) is 2.07. The van der Waals surface area contributed by atoms with E-state index in [9.17, 15) is 4.79 Å². The first kappa shape index (κ1) is 16.4. The van der Waals surface area contributed by atoms with Crippen LogP contribution in [0.2, 0.25) is 0 Å². The van der Waals surface area contributed by atoms with Crippen molar-refractivity contribution in [2.24, 2.45) is 5.92 Å². The van der Waals surface area contributed by atoms with Crippen LogP contribution in [0.5, 0.6) is 0 Å². The molecule has 1 rings (SSSR count). The van der Waals surface area contributed by atoms with Gasteiger partial charge in [0.25, 0.3) is 0 Å². The first-order chi connectivity index (χ1) is 9.52. The number of rotatable bonds is 9. The van der Waals surface area contributed by atoms with Gasteiger partial charge in [0.15, 0.2) is 0 Å². The van der Waals surface area contributed by atoms with Gasteiger partial charge in [0, 0.05) is 24.7 Å². The molecule has 2 N–H and O–H groups in total. The van der Waals surface area contributed by atoms with Crippen LogP contribution in [-0.4, -0.2) is 27.6 Å². The van der Waals surface area contributed by atoms with Crippen LogP contribution in [0.1, 0.15) is 58.1 Å². The van der Waals surface area contributed by atoms with E-state index in [1.807, 2.05) is 6.07 Å². The Kier molecular flexibility index (Phi) is 6.98. The van der Waals surface area contributed by atoms with E-state index >= 15 is 0 Å². The summed E-state index contributed by atoms with van der Waals surface area (Å²) in [4.78, 5) is 19.0. The zero-order valence-electron chi connectivity index (χ0n) is 12.6. The third-order valence-corrected chi connectivity index (χ3v) is 3.48. The highest BCUT2D eigenvalue weighted by molar-refractivity contribution is 5.66. The number of aromatic nitrogens is 2. The normalized spacial score (nSPS) is 12.4. The lowest BCUT2D eigenvalue weighted by molar-refractivity contribution is -0.137. The predicted octanol–water partition coefficient (Wildman–Crippen LogP) is 3.29. The van der Waals surface area contributed by atoms with Crippen molar-refractivity contribution in [3.63, 3.8) is 0 Å². The van der Waals surface area contributed by atoms with E-state index in [1.165, 1.54) is 0 Å².